The van der Waals surface area contributed by atoms with Gasteiger partial charge in [-0.25, -0.2) is 0 Å². The van der Waals surface area contributed by atoms with Crippen molar-refractivity contribution in [1.82, 2.24) is 6.15 Å². The zero-order valence-electron chi connectivity index (χ0n) is 9.16. The molecule has 0 aliphatic rings. The maximum absolute atomic E-state index is 12.6. The van der Waals surface area contributed by atoms with Crippen LogP contribution in [0.3, 0.4) is 0 Å². The first-order valence-corrected chi connectivity index (χ1v) is 4.56. The standard InChI is InChI=1S/C9H10BF3O3.H3N/c1-2-16-8-4-3-6(10(14)15)5-7(8)9(11,12)13;/h3-5,14-15H,2H2,1H3;1H3. The third-order valence-corrected chi connectivity index (χ3v) is 1.91. The van der Waals surface area contributed by atoms with Crippen LogP contribution in [0, 0.1) is 0 Å². The Morgan fingerprint density at radius 3 is 2.29 bits per heavy atom. The molecule has 0 bridgehead atoms. The molecule has 0 amide bonds. The molecule has 17 heavy (non-hydrogen) atoms. The highest BCUT2D eigenvalue weighted by Gasteiger charge is 2.35. The molecule has 0 unspecified atom stereocenters. The van der Waals surface area contributed by atoms with Crippen molar-refractivity contribution in [3.05, 3.63) is 23.8 Å². The monoisotopic (exact) mass is 251 g/mol. The lowest BCUT2D eigenvalue weighted by Gasteiger charge is -2.14. The van der Waals surface area contributed by atoms with E-state index in [4.69, 9.17) is 14.8 Å². The molecule has 4 nitrogen and oxygen atoms in total. The Balaban J connectivity index is 0.00000256. The molecule has 0 aromatic heterocycles. The predicted molar refractivity (Wildman–Crippen MR) is 57.5 cm³/mol. The van der Waals surface area contributed by atoms with Crippen LogP contribution in [0.5, 0.6) is 5.75 Å². The van der Waals surface area contributed by atoms with E-state index in [1.54, 1.807) is 6.92 Å². The molecule has 0 atom stereocenters. The maximum Gasteiger partial charge on any atom is 0.488 e. The number of alkyl halides is 3. The second-order valence-corrected chi connectivity index (χ2v) is 3.06. The van der Waals surface area contributed by atoms with Crippen molar-refractivity contribution in [2.75, 3.05) is 6.61 Å². The fraction of sp³-hybridized carbons (Fsp3) is 0.333. The fourth-order valence-electron chi connectivity index (χ4n) is 1.21. The van der Waals surface area contributed by atoms with Gasteiger partial charge in [-0.3, -0.25) is 0 Å². The average Bonchev–Trinajstić information content (AvgIpc) is 2.16. The summed E-state index contributed by atoms with van der Waals surface area (Å²) >= 11 is 0. The highest BCUT2D eigenvalue weighted by Crippen LogP contribution is 2.35. The minimum atomic E-state index is -4.59. The Morgan fingerprint density at radius 1 is 1.29 bits per heavy atom. The van der Waals surface area contributed by atoms with Crippen molar-refractivity contribution in [3.8, 4) is 5.75 Å². The molecule has 8 heteroatoms. The molecule has 1 aromatic rings. The van der Waals surface area contributed by atoms with Gasteiger partial charge >= 0.3 is 13.3 Å². The van der Waals surface area contributed by atoms with Gasteiger partial charge in [0, 0.05) is 0 Å². The van der Waals surface area contributed by atoms with Crippen molar-refractivity contribution in [1.29, 1.82) is 0 Å². The summed E-state index contributed by atoms with van der Waals surface area (Å²) in [5.41, 5.74) is -1.24. The van der Waals surface area contributed by atoms with Crippen molar-refractivity contribution in [2.45, 2.75) is 13.1 Å². The van der Waals surface area contributed by atoms with Crippen LogP contribution in [0.1, 0.15) is 12.5 Å². The van der Waals surface area contributed by atoms with E-state index in [9.17, 15) is 13.2 Å². The van der Waals surface area contributed by atoms with Crippen LogP contribution in [-0.4, -0.2) is 23.8 Å². The number of halogens is 3. The molecule has 0 saturated heterocycles. The fourth-order valence-corrected chi connectivity index (χ4v) is 1.21. The maximum atomic E-state index is 12.6. The Morgan fingerprint density at radius 2 is 1.88 bits per heavy atom. The summed E-state index contributed by atoms with van der Waals surface area (Å²) in [4.78, 5) is 0. The number of hydrogen-bond donors (Lipinski definition) is 3. The molecule has 96 valence electrons. The van der Waals surface area contributed by atoms with Gasteiger partial charge in [0.25, 0.3) is 0 Å². The number of benzene rings is 1. The first kappa shape index (κ1) is 15.8. The van der Waals surface area contributed by atoms with Crippen LogP contribution in [0.15, 0.2) is 18.2 Å². The van der Waals surface area contributed by atoms with Gasteiger partial charge in [0.2, 0.25) is 0 Å². The molecule has 0 fully saturated rings. The molecular weight excluding hydrogens is 238 g/mol. The topological polar surface area (TPSA) is 84.7 Å². The summed E-state index contributed by atoms with van der Waals surface area (Å²) < 4.78 is 42.5. The second kappa shape index (κ2) is 5.90. The van der Waals surface area contributed by atoms with Crippen LogP contribution in [-0.2, 0) is 6.18 Å². The van der Waals surface area contributed by atoms with Crippen LogP contribution in [0.4, 0.5) is 13.2 Å². The highest BCUT2D eigenvalue weighted by atomic mass is 19.4. The Labute approximate surface area is 96.8 Å². The molecule has 1 rings (SSSR count). The summed E-state index contributed by atoms with van der Waals surface area (Å²) in [5.74, 6) is -0.320. The van der Waals surface area contributed by atoms with Gasteiger partial charge in [-0.2, -0.15) is 13.2 Å². The first-order chi connectivity index (χ1) is 7.36. The predicted octanol–water partition coefficient (Wildman–Crippen LogP) is 0.946. The lowest BCUT2D eigenvalue weighted by molar-refractivity contribution is -0.138. The average molecular weight is 251 g/mol. The molecule has 0 spiro atoms. The second-order valence-electron chi connectivity index (χ2n) is 3.06. The van der Waals surface area contributed by atoms with E-state index in [1.165, 1.54) is 6.07 Å². The normalized spacial score (nSPS) is 10.7. The van der Waals surface area contributed by atoms with E-state index in [0.29, 0.717) is 6.07 Å². The molecule has 1 aromatic carbocycles. The summed E-state index contributed by atoms with van der Waals surface area (Å²) in [6.45, 7) is 1.67. The number of ether oxygens (including phenoxy) is 1. The number of rotatable bonds is 3. The van der Waals surface area contributed by atoms with Gasteiger partial charge in [0.05, 0.1) is 12.2 Å². The molecule has 0 aliphatic carbocycles. The summed E-state index contributed by atoms with van der Waals surface area (Å²) in [6, 6.07) is 2.90. The molecule has 5 N–H and O–H groups in total. The van der Waals surface area contributed by atoms with Crippen molar-refractivity contribution in [3.63, 3.8) is 0 Å². The van der Waals surface area contributed by atoms with E-state index in [-0.39, 0.29) is 24.0 Å². The van der Waals surface area contributed by atoms with E-state index >= 15 is 0 Å². The van der Waals surface area contributed by atoms with Crippen molar-refractivity contribution >= 4 is 12.6 Å². The number of hydrogen-bond acceptors (Lipinski definition) is 4. The summed E-state index contributed by atoms with van der Waals surface area (Å²) in [7, 11) is -1.93. The van der Waals surface area contributed by atoms with Gasteiger partial charge in [0.15, 0.2) is 0 Å². The van der Waals surface area contributed by atoms with Gasteiger partial charge in [-0.15, -0.1) is 0 Å². The van der Waals surface area contributed by atoms with Gasteiger partial charge < -0.3 is 20.9 Å². The molecule has 0 radical (unpaired) electrons. The van der Waals surface area contributed by atoms with Gasteiger partial charge in [-0.1, -0.05) is 6.07 Å². The summed E-state index contributed by atoms with van der Waals surface area (Å²) in [5, 5.41) is 17.6. The first-order valence-electron chi connectivity index (χ1n) is 4.56. The Kier molecular flexibility index (Phi) is 5.47. The van der Waals surface area contributed by atoms with Crippen LogP contribution in [0.2, 0.25) is 0 Å². The summed E-state index contributed by atoms with van der Waals surface area (Å²) in [6.07, 6.45) is -4.59. The van der Waals surface area contributed by atoms with Crippen molar-refractivity contribution < 1.29 is 28.0 Å². The van der Waals surface area contributed by atoms with Crippen LogP contribution in [0.25, 0.3) is 0 Å². The zero-order valence-corrected chi connectivity index (χ0v) is 9.16. The largest absolute Gasteiger partial charge is 0.493 e. The van der Waals surface area contributed by atoms with Gasteiger partial charge in [-0.05, 0) is 24.5 Å². The molecular formula is C9H13BF3NO3. The van der Waals surface area contributed by atoms with Crippen LogP contribution < -0.4 is 16.4 Å². The highest BCUT2D eigenvalue weighted by molar-refractivity contribution is 6.58. The minimum Gasteiger partial charge on any atom is -0.493 e. The van der Waals surface area contributed by atoms with Crippen molar-refractivity contribution in [2.24, 2.45) is 0 Å². The molecule has 0 saturated carbocycles. The smallest absolute Gasteiger partial charge is 0.488 e. The quantitative estimate of drug-likeness (QED) is 0.698. The zero-order chi connectivity index (χ0) is 12.3. The third-order valence-electron chi connectivity index (χ3n) is 1.91. The van der Waals surface area contributed by atoms with E-state index < -0.39 is 18.9 Å². The Bertz CT molecular complexity index is 371. The lowest BCUT2D eigenvalue weighted by atomic mass is 9.79. The third kappa shape index (κ3) is 3.92. The molecule has 0 aliphatic heterocycles. The Hall–Kier alpha value is -1.25. The van der Waals surface area contributed by atoms with E-state index in [2.05, 4.69) is 0 Å². The lowest BCUT2D eigenvalue weighted by Crippen LogP contribution is -2.31. The molecule has 0 heterocycles. The van der Waals surface area contributed by atoms with E-state index in [1.807, 2.05) is 0 Å². The van der Waals surface area contributed by atoms with E-state index in [0.717, 1.165) is 6.07 Å². The van der Waals surface area contributed by atoms with Gasteiger partial charge in [0.1, 0.15) is 5.75 Å². The SMILES string of the molecule is CCOc1ccc(B(O)O)cc1C(F)(F)F.N. The minimum absolute atomic E-state index is 0. The van der Waals surface area contributed by atoms with Crippen LogP contribution >= 0.6 is 0 Å².